The van der Waals surface area contributed by atoms with E-state index in [1.807, 2.05) is 0 Å². The van der Waals surface area contributed by atoms with Gasteiger partial charge in [-0.1, -0.05) is 6.08 Å². The summed E-state index contributed by atoms with van der Waals surface area (Å²) in [5, 5.41) is 17.8. The number of carbonyl (C=O) groups excluding carboxylic acids is 1. The smallest absolute Gasteiger partial charge is 0.337 e. The van der Waals surface area contributed by atoms with Gasteiger partial charge in [0.1, 0.15) is 0 Å². The average molecular weight is 233 g/mol. The maximum Gasteiger partial charge on any atom is 0.337 e. The lowest BCUT2D eigenvalue weighted by Gasteiger charge is -2.18. The number of nitrogens with zero attached hydrogens (tertiary/aromatic N) is 1. The Balaban J connectivity index is 2.53. The molecule has 6 heteroatoms. The Morgan fingerprint density at radius 1 is 1.18 bits per heavy atom. The average Bonchev–Trinajstić information content (AvgIpc) is 2.27. The van der Waals surface area contributed by atoms with Gasteiger partial charge in [0.15, 0.2) is 0 Å². The van der Waals surface area contributed by atoms with E-state index >= 15 is 0 Å². The lowest BCUT2D eigenvalue weighted by Crippen LogP contribution is -2.25. The Kier molecular flexibility index (Phi) is 2.47. The van der Waals surface area contributed by atoms with Crippen molar-refractivity contribution >= 4 is 23.6 Å². The van der Waals surface area contributed by atoms with Crippen LogP contribution in [-0.2, 0) is 14.4 Å². The van der Waals surface area contributed by atoms with Crippen LogP contribution in [0.1, 0.15) is 0 Å². The Labute approximate surface area is 95.3 Å². The zero-order valence-corrected chi connectivity index (χ0v) is 8.45. The molecular formula is C11H7NO5. The molecule has 2 N–H and O–H groups in total. The van der Waals surface area contributed by atoms with Crippen LogP contribution in [0.25, 0.3) is 0 Å². The molecule has 0 aromatic heterocycles. The summed E-state index contributed by atoms with van der Waals surface area (Å²) in [5.41, 5.74) is 0.104. The summed E-state index contributed by atoms with van der Waals surface area (Å²) in [6.45, 7) is 0. The number of allylic oxidation sites excluding steroid dienone is 2. The third-order valence-corrected chi connectivity index (χ3v) is 2.38. The molecule has 0 aromatic rings. The molecule has 86 valence electrons. The molecule has 6 nitrogen and oxygen atoms in total. The summed E-state index contributed by atoms with van der Waals surface area (Å²) in [6, 6.07) is 0. The van der Waals surface area contributed by atoms with Gasteiger partial charge in [-0.25, -0.2) is 9.79 Å². The summed E-state index contributed by atoms with van der Waals surface area (Å²) in [4.78, 5) is 36.5. The maximum atomic E-state index is 11.1. The third-order valence-electron chi connectivity index (χ3n) is 2.38. The normalized spacial score (nSPS) is 22.2. The first kappa shape index (κ1) is 11.0. The van der Waals surface area contributed by atoms with Crippen LogP contribution in [-0.4, -0.2) is 33.8 Å². The van der Waals surface area contributed by atoms with Crippen LogP contribution in [0.3, 0.4) is 0 Å². The SMILES string of the molecule is O=C1C=CC2=CC(C(=O)O)C=C(C(=O)O)C2=N1. The van der Waals surface area contributed by atoms with Gasteiger partial charge in [0.05, 0.1) is 17.2 Å². The van der Waals surface area contributed by atoms with E-state index in [2.05, 4.69) is 4.99 Å². The lowest BCUT2D eigenvalue weighted by molar-refractivity contribution is -0.138. The molecule has 1 amide bonds. The van der Waals surface area contributed by atoms with Crippen LogP contribution >= 0.6 is 0 Å². The molecule has 0 saturated heterocycles. The van der Waals surface area contributed by atoms with E-state index in [0.717, 1.165) is 6.08 Å². The summed E-state index contributed by atoms with van der Waals surface area (Å²) < 4.78 is 0. The number of hydrogen-bond acceptors (Lipinski definition) is 3. The molecule has 1 heterocycles. The number of hydrogen-bond donors (Lipinski definition) is 2. The predicted octanol–water partition coefficient (Wildman–Crippen LogP) is 0.176. The Hall–Kier alpha value is -2.50. The molecule has 0 fully saturated rings. The van der Waals surface area contributed by atoms with Gasteiger partial charge in [-0.3, -0.25) is 9.59 Å². The van der Waals surface area contributed by atoms with Crippen molar-refractivity contribution in [3.05, 3.63) is 35.5 Å². The molecule has 1 aliphatic carbocycles. The summed E-state index contributed by atoms with van der Waals surface area (Å²) in [7, 11) is 0. The second kappa shape index (κ2) is 3.82. The molecule has 1 aliphatic heterocycles. The molecule has 0 aromatic carbocycles. The van der Waals surface area contributed by atoms with Crippen molar-refractivity contribution in [2.45, 2.75) is 0 Å². The van der Waals surface area contributed by atoms with E-state index in [1.165, 1.54) is 18.2 Å². The first-order chi connectivity index (χ1) is 7.99. The maximum absolute atomic E-state index is 11.1. The minimum absolute atomic E-state index is 0.0162. The fraction of sp³-hybridized carbons (Fsp3) is 0.0909. The number of aliphatic imine (C=N–C) groups is 1. The van der Waals surface area contributed by atoms with Crippen molar-refractivity contribution in [2.24, 2.45) is 10.9 Å². The highest BCUT2D eigenvalue weighted by Crippen LogP contribution is 2.24. The van der Waals surface area contributed by atoms with Crippen molar-refractivity contribution in [3.8, 4) is 0 Å². The number of dihydropyridines is 1. The molecule has 0 spiro atoms. The minimum Gasteiger partial charge on any atom is -0.481 e. The number of amides is 1. The summed E-state index contributed by atoms with van der Waals surface area (Å²) >= 11 is 0. The van der Waals surface area contributed by atoms with E-state index in [4.69, 9.17) is 10.2 Å². The monoisotopic (exact) mass is 233 g/mol. The van der Waals surface area contributed by atoms with Gasteiger partial charge in [0.2, 0.25) is 0 Å². The standard InChI is InChI=1S/C11H7NO5/c13-8-2-1-5-3-6(10(14)15)4-7(11(16)17)9(5)12-8/h1-4,6H,(H,14,15)(H,16,17). The number of carboxylic acids is 2. The quantitative estimate of drug-likeness (QED) is 0.707. The van der Waals surface area contributed by atoms with Crippen LogP contribution in [0, 0.1) is 5.92 Å². The highest BCUT2D eigenvalue weighted by atomic mass is 16.4. The predicted molar refractivity (Wildman–Crippen MR) is 56.5 cm³/mol. The van der Waals surface area contributed by atoms with Crippen molar-refractivity contribution in [2.75, 3.05) is 0 Å². The van der Waals surface area contributed by atoms with Gasteiger partial charge in [0.25, 0.3) is 5.91 Å². The number of aliphatic carboxylic acids is 2. The van der Waals surface area contributed by atoms with Gasteiger partial charge < -0.3 is 10.2 Å². The van der Waals surface area contributed by atoms with Crippen molar-refractivity contribution in [3.63, 3.8) is 0 Å². The molecule has 0 radical (unpaired) electrons. The zero-order valence-electron chi connectivity index (χ0n) is 8.45. The number of fused-ring (bicyclic) bond motifs is 1. The van der Waals surface area contributed by atoms with Crippen LogP contribution in [0.2, 0.25) is 0 Å². The summed E-state index contributed by atoms with van der Waals surface area (Å²) in [5.74, 6) is -4.03. The fourth-order valence-electron chi connectivity index (χ4n) is 1.62. The molecular weight excluding hydrogens is 226 g/mol. The summed E-state index contributed by atoms with van der Waals surface area (Å²) in [6.07, 6.45) is 4.96. The largest absolute Gasteiger partial charge is 0.481 e. The Morgan fingerprint density at radius 2 is 1.88 bits per heavy atom. The van der Waals surface area contributed by atoms with Gasteiger partial charge in [-0.15, -0.1) is 0 Å². The number of carbonyl (C=O) groups is 3. The van der Waals surface area contributed by atoms with Crippen molar-refractivity contribution in [1.29, 1.82) is 0 Å². The fourth-order valence-corrected chi connectivity index (χ4v) is 1.62. The van der Waals surface area contributed by atoms with Crippen LogP contribution in [0.5, 0.6) is 0 Å². The number of carboxylic acid groups (broad SMARTS) is 2. The molecule has 1 unspecified atom stereocenters. The molecule has 17 heavy (non-hydrogen) atoms. The van der Waals surface area contributed by atoms with Gasteiger partial charge >= 0.3 is 11.9 Å². The Morgan fingerprint density at radius 3 is 2.47 bits per heavy atom. The first-order valence-corrected chi connectivity index (χ1v) is 4.70. The van der Waals surface area contributed by atoms with Gasteiger partial charge in [-0.05, 0) is 17.7 Å². The molecule has 0 saturated carbocycles. The topological polar surface area (TPSA) is 104 Å². The van der Waals surface area contributed by atoms with E-state index < -0.39 is 23.8 Å². The molecule has 2 aliphatic rings. The highest BCUT2D eigenvalue weighted by Gasteiger charge is 2.29. The second-order valence-electron chi connectivity index (χ2n) is 3.50. The molecule has 1 atom stereocenters. The van der Waals surface area contributed by atoms with Crippen LogP contribution < -0.4 is 0 Å². The van der Waals surface area contributed by atoms with Crippen LogP contribution in [0.15, 0.2) is 40.4 Å². The minimum atomic E-state index is -1.30. The third kappa shape index (κ3) is 1.92. The second-order valence-corrected chi connectivity index (χ2v) is 3.50. The molecule has 2 rings (SSSR count). The van der Waals surface area contributed by atoms with Gasteiger partial charge in [0, 0.05) is 6.08 Å². The van der Waals surface area contributed by atoms with Crippen LogP contribution in [0.4, 0.5) is 0 Å². The first-order valence-electron chi connectivity index (χ1n) is 4.70. The van der Waals surface area contributed by atoms with Crippen molar-refractivity contribution < 1.29 is 24.6 Å². The van der Waals surface area contributed by atoms with Crippen molar-refractivity contribution in [1.82, 2.24) is 0 Å². The Bertz CT molecular complexity index is 550. The van der Waals surface area contributed by atoms with Gasteiger partial charge in [-0.2, -0.15) is 0 Å². The molecule has 0 bridgehead atoms. The number of rotatable bonds is 2. The van der Waals surface area contributed by atoms with E-state index in [1.54, 1.807) is 0 Å². The zero-order chi connectivity index (χ0) is 12.6. The lowest BCUT2D eigenvalue weighted by atomic mass is 9.88. The van der Waals surface area contributed by atoms with E-state index in [-0.39, 0.29) is 11.3 Å². The van der Waals surface area contributed by atoms with E-state index in [0.29, 0.717) is 5.57 Å². The highest BCUT2D eigenvalue weighted by molar-refractivity contribution is 6.32. The van der Waals surface area contributed by atoms with E-state index in [9.17, 15) is 14.4 Å².